The second-order valence-electron chi connectivity index (χ2n) is 11.0. The Labute approximate surface area is 236 Å². The van der Waals surface area contributed by atoms with Crippen LogP contribution in [0, 0.1) is 0 Å². The predicted octanol–water partition coefficient (Wildman–Crippen LogP) is 9.92. The van der Waals surface area contributed by atoms with Crippen molar-refractivity contribution in [3.8, 4) is 5.75 Å². The fourth-order valence-corrected chi connectivity index (χ4v) is 5.51. The molecule has 3 heteroatoms. The van der Waals surface area contributed by atoms with Gasteiger partial charge in [-0.05, 0) is 46.5 Å². The van der Waals surface area contributed by atoms with Crippen molar-refractivity contribution in [1.82, 2.24) is 0 Å². The van der Waals surface area contributed by atoms with E-state index in [9.17, 15) is 0 Å². The SMILES string of the molecule is CC(C)c1cccc(C(C)C)c1/N=C1/C(=N/c2ccccc2COc2ccccc2)c2cccc3cccc1c23. The highest BCUT2D eigenvalue weighted by Crippen LogP contribution is 2.39. The van der Waals surface area contributed by atoms with Crippen molar-refractivity contribution < 1.29 is 4.74 Å². The van der Waals surface area contributed by atoms with Crippen molar-refractivity contribution >= 4 is 33.6 Å². The van der Waals surface area contributed by atoms with Gasteiger partial charge in [0.05, 0.1) is 22.8 Å². The van der Waals surface area contributed by atoms with E-state index in [4.69, 9.17) is 14.7 Å². The molecule has 0 spiro atoms. The summed E-state index contributed by atoms with van der Waals surface area (Å²) in [6, 6.07) is 37.7. The number of ether oxygens (including phenoxy) is 1. The Morgan fingerprint density at radius 2 is 1.15 bits per heavy atom. The zero-order chi connectivity index (χ0) is 27.6. The third-order valence-electron chi connectivity index (χ3n) is 7.57. The van der Waals surface area contributed by atoms with Crippen molar-refractivity contribution in [2.45, 2.75) is 46.1 Å². The molecule has 0 bridgehead atoms. The highest BCUT2D eigenvalue weighted by atomic mass is 16.5. The van der Waals surface area contributed by atoms with Gasteiger partial charge in [-0.1, -0.05) is 119 Å². The summed E-state index contributed by atoms with van der Waals surface area (Å²) in [7, 11) is 0. The number of rotatable bonds is 7. The smallest absolute Gasteiger partial charge is 0.119 e. The maximum absolute atomic E-state index is 6.12. The average Bonchev–Trinajstić information content (AvgIpc) is 3.26. The largest absolute Gasteiger partial charge is 0.489 e. The van der Waals surface area contributed by atoms with Gasteiger partial charge in [-0.2, -0.15) is 0 Å². The Morgan fingerprint density at radius 3 is 1.80 bits per heavy atom. The summed E-state index contributed by atoms with van der Waals surface area (Å²) in [6.07, 6.45) is 0. The predicted molar refractivity (Wildman–Crippen MR) is 168 cm³/mol. The molecular weight excluding hydrogens is 488 g/mol. The number of nitrogens with zero attached hydrogens (tertiary/aromatic N) is 2. The topological polar surface area (TPSA) is 34.0 Å². The van der Waals surface area contributed by atoms with Gasteiger partial charge in [-0.25, -0.2) is 9.98 Å². The molecule has 0 saturated heterocycles. The maximum Gasteiger partial charge on any atom is 0.119 e. The molecule has 0 N–H and O–H groups in total. The van der Waals surface area contributed by atoms with Crippen LogP contribution >= 0.6 is 0 Å². The van der Waals surface area contributed by atoms with Gasteiger partial charge in [0.1, 0.15) is 12.4 Å². The van der Waals surface area contributed by atoms with E-state index >= 15 is 0 Å². The van der Waals surface area contributed by atoms with Crippen LogP contribution in [0.5, 0.6) is 5.75 Å². The summed E-state index contributed by atoms with van der Waals surface area (Å²) in [6.45, 7) is 9.40. The molecule has 3 nitrogen and oxygen atoms in total. The van der Waals surface area contributed by atoms with E-state index in [0.717, 1.165) is 45.2 Å². The number of para-hydroxylation sites is 3. The van der Waals surface area contributed by atoms with Crippen LogP contribution in [0.1, 0.15) is 67.3 Å². The Hall–Kier alpha value is -4.50. The zero-order valence-electron chi connectivity index (χ0n) is 23.6. The van der Waals surface area contributed by atoms with Gasteiger partial charge in [0.2, 0.25) is 0 Å². The molecule has 198 valence electrons. The molecule has 5 aromatic rings. The first kappa shape index (κ1) is 25.8. The van der Waals surface area contributed by atoms with Crippen molar-refractivity contribution in [2.24, 2.45) is 9.98 Å². The van der Waals surface area contributed by atoms with Crippen LogP contribution < -0.4 is 4.74 Å². The van der Waals surface area contributed by atoms with Crippen LogP contribution in [0.25, 0.3) is 10.8 Å². The van der Waals surface area contributed by atoms with E-state index in [2.05, 4.69) is 94.4 Å². The molecule has 0 atom stereocenters. The normalized spacial score (nSPS) is 14.7. The minimum atomic E-state index is 0.355. The van der Waals surface area contributed by atoms with Crippen LogP contribution in [-0.4, -0.2) is 11.4 Å². The first-order valence-corrected chi connectivity index (χ1v) is 14.1. The molecule has 0 fully saturated rings. The fourth-order valence-electron chi connectivity index (χ4n) is 5.51. The van der Waals surface area contributed by atoms with E-state index in [1.807, 2.05) is 42.5 Å². The summed E-state index contributed by atoms with van der Waals surface area (Å²) < 4.78 is 6.12. The third kappa shape index (κ3) is 4.84. The molecule has 0 unspecified atom stereocenters. The average molecular weight is 523 g/mol. The van der Waals surface area contributed by atoms with Crippen LogP contribution in [0.3, 0.4) is 0 Å². The number of hydrogen-bond acceptors (Lipinski definition) is 3. The molecule has 0 aromatic heterocycles. The van der Waals surface area contributed by atoms with Gasteiger partial charge >= 0.3 is 0 Å². The Kier molecular flexibility index (Phi) is 7.04. The van der Waals surface area contributed by atoms with E-state index in [1.165, 1.54) is 21.9 Å². The molecule has 0 amide bonds. The maximum atomic E-state index is 6.12. The lowest BCUT2D eigenvalue weighted by molar-refractivity contribution is 0.306. The van der Waals surface area contributed by atoms with Crippen LogP contribution in [0.4, 0.5) is 11.4 Å². The monoisotopic (exact) mass is 522 g/mol. The standard InChI is InChI=1S/C37H34N2O/c1-24(2)29-18-12-19-30(25(3)4)35(29)39-37-32-21-11-15-26-14-10-20-31(34(26)32)36(37)38-33-22-9-8-13-27(33)23-40-28-16-6-5-7-17-28/h5-22,24-25H,23H2,1-4H3/b38-36+,39-37+. The molecular formula is C37H34N2O. The molecule has 0 radical (unpaired) electrons. The quantitative estimate of drug-likeness (QED) is 0.209. The summed E-state index contributed by atoms with van der Waals surface area (Å²) >= 11 is 0. The van der Waals surface area contributed by atoms with Gasteiger partial charge in [0.25, 0.3) is 0 Å². The number of hydrogen-bond donors (Lipinski definition) is 0. The third-order valence-corrected chi connectivity index (χ3v) is 7.57. The lowest BCUT2D eigenvalue weighted by Crippen LogP contribution is -2.11. The van der Waals surface area contributed by atoms with Gasteiger partial charge < -0.3 is 4.74 Å². The van der Waals surface area contributed by atoms with Crippen molar-refractivity contribution in [1.29, 1.82) is 0 Å². The first-order chi connectivity index (χ1) is 19.5. The lowest BCUT2D eigenvalue weighted by atomic mass is 9.92. The summed E-state index contributed by atoms with van der Waals surface area (Å²) in [5.74, 6) is 1.56. The van der Waals surface area contributed by atoms with Gasteiger partial charge in [-0.15, -0.1) is 0 Å². The summed E-state index contributed by atoms with van der Waals surface area (Å²) in [4.78, 5) is 10.8. The van der Waals surface area contributed by atoms with Crippen LogP contribution in [0.2, 0.25) is 0 Å². The summed E-state index contributed by atoms with van der Waals surface area (Å²) in [5.41, 5.74) is 9.63. The Morgan fingerprint density at radius 1 is 0.575 bits per heavy atom. The van der Waals surface area contributed by atoms with Gasteiger partial charge in [0, 0.05) is 22.1 Å². The fraction of sp³-hybridized carbons (Fsp3) is 0.189. The Balaban J connectivity index is 1.54. The highest BCUT2D eigenvalue weighted by molar-refractivity contribution is 6.61. The number of aliphatic imine (C=N–C) groups is 2. The highest BCUT2D eigenvalue weighted by Gasteiger charge is 2.28. The van der Waals surface area contributed by atoms with Crippen molar-refractivity contribution in [3.63, 3.8) is 0 Å². The van der Waals surface area contributed by atoms with Crippen LogP contribution in [-0.2, 0) is 6.61 Å². The van der Waals surface area contributed by atoms with Crippen LogP contribution in [0.15, 0.2) is 119 Å². The minimum Gasteiger partial charge on any atom is -0.489 e. The van der Waals surface area contributed by atoms with Crippen molar-refractivity contribution in [3.05, 3.63) is 137 Å². The molecule has 1 aliphatic rings. The van der Waals surface area contributed by atoms with E-state index in [0.29, 0.717) is 18.4 Å². The first-order valence-electron chi connectivity index (χ1n) is 14.1. The van der Waals surface area contributed by atoms with E-state index in [1.54, 1.807) is 0 Å². The summed E-state index contributed by atoms with van der Waals surface area (Å²) in [5, 5.41) is 2.42. The van der Waals surface area contributed by atoms with E-state index in [-0.39, 0.29) is 0 Å². The molecule has 0 saturated carbocycles. The second-order valence-corrected chi connectivity index (χ2v) is 11.0. The Bertz CT molecular complexity index is 1710. The van der Waals surface area contributed by atoms with Gasteiger partial charge in [-0.3, -0.25) is 0 Å². The second kappa shape index (κ2) is 10.9. The number of benzene rings is 5. The van der Waals surface area contributed by atoms with Crippen molar-refractivity contribution in [2.75, 3.05) is 0 Å². The zero-order valence-corrected chi connectivity index (χ0v) is 23.6. The van der Waals surface area contributed by atoms with Gasteiger partial charge in [0.15, 0.2) is 0 Å². The minimum absolute atomic E-state index is 0.355. The molecule has 40 heavy (non-hydrogen) atoms. The van der Waals surface area contributed by atoms with E-state index < -0.39 is 0 Å². The lowest BCUT2D eigenvalue weighted by Gasteiger charge is -2.17. The molecule has 5 aromatic carbocycles. The molecule has 6 rings (SSSR count). The molecule has 0 aliphatic heterocycles. The molecule has 1 aliphatic carbocycles. The molecule has 0 heterocycles.